The molecule has 0 saturated carbocycles. The van der Waals surface area contributed by atoms with E-state index >= 15 is 0 Å². The maximum absolute atomic E-state index is 13.7. The number of halogens is 2. The van der Waals surface area contributed by atoms with Crippen molar-refractivity contribution < 1.29 is 13.6 Å². The van der Waals surface area contributed by atoms with E-state index in [4.69, 9.17) is 0 Å². The molecule has 0 bridgehead atoms. The summed E-state index contributed by atoms with van der Waals surface area (Å²) >= 11 is 1.18. The number of nitrogens with zero attached hydrogens (tertiary/aromatic N) is 3. The molecule has 1 N–H and O–H groups in total. The first-order valence-corrected chi connectivity index (χ1v) is 9.19. The molecule has 0 radical (unpaired) electrons. The second kappa shape index (κ2) is 8.30. The van der Waals surface area contributed by atoms with Crippen molar-refractivity contribution in [1.82, 2.24) is 14.8 Å². The standard InChI is InChI=1S/C19H18F2N4OS/c1-12(18(26)22-17-15(20)9-6-10-16(17)21)27-19-24-23-13(2)25(19)11-14-7-4-3-5-8-14/h3-10,12H,11H2,1-2H3,(H,22,26)/t12-/m1/s1. The predicted molar refractivity (Wildman–Crippen MR) is 101 cm³/mol. The van der Waals surface area contributed by atoms with E-state index in [1.807, 2.05) is 41.8 Å². The predicted octanol–water partition coefficient (Wildman–Crippen LogP) is 4.03. The molecule has 0 aliphatic heterocycles. The second-order valence-electron chi connectivity index (χ2n) is 5.95. The van der Waals surface area contributed by atoms with Crippen LogP contribution in [0.25, 0.3) is 0 Å². The zero-order valence-electron chi connectivity index (χ0n) is 14.8. The number of amides is 1. The molecule has 0 saturated heterocycles. The fourth-order valence-electron chi connectivity index (χ4n) is 2.45. The summed E-state index contributed by atoms with van der Waals surface area (Å²) in [5.41, 5.74) is 0.629. The van der Waals surface area contributed by atoms with Crippen molar-refractivity contribution in [1.29, 1.82) is 0 Å². The Morgan fingerprint density at radius 1 is 1.11 bits per heavy atom. The highest BCUT2D eigenvalue weighted by Gasteiger charge is 2.21. The third-order valence-electron chi connectivity index (χ3n) is 3.95. The maximum Gasteiger partial charge on any atom is 0.237 e. The lowest BCUT2D eigenvalue weighted by Crippen LogP contribution is -2.24. The molecule has 1 aromatic heterocycles. The number of nitrogens with one attached hydrogen (secondary N) is 1. The Labute approximate surface area is 159 Å². The van der Waals surface area contributed by atoms with Crippen molar-refractivity contribution in [3.05, 3.63) is 71.6 Å². The Morgan fingerprint density at radius 3 is 2.44 bits per heavy atom. The highest BCUT2D eigenvalue weighted by Crippen LogP contribution is 2.25. The van der Waals surface area contributed by atoms with Gasteiger partial charge in [-0.2, -0.15) is 0 Å². The summed E-state index contributed by atoms with van der Waals surface area (Å²) in [7, 11) is 0. The van der Waals surface area contributed by atoms with E-state index in [-0.39, 0.29) is 0 Å². The molecular formula is C19H18F2N4OS. The molecule has 140 valence electrons. The molecule has 3 rings (SSSR count). The van der Waals surface area contributed by atoms with Crippen LogP contribution >= 0.6 is 11.8 Å². The van der Waals surface area contributed by atoms with Crippen LogP contribution in [0, 0.1) is 18.6 Å². The topological polar surface area (TPSA) is 59.8 Å². The van der Waals surface area contributed by atoms with Crippen molar-refractivity contribution in [2.45, 2.75) is 30.8 Å². The van der Waals surface area contributed by atoms with E-state index in [9.17, 15) is 13.6 Å². The van der Waals surface area contributed by atoms with Crippen molar-refractivity contribution in [3.63, 3.8) is 0 Å². The number of rotatable bonds is 6. The number of hydrogen-bond acceptors (Lipinski definition) is 4. The molecular weight excluding hydrogens is 370 g/mol. The summed E-state index contributed by atoms with van der Waals surface area (Å²) in [5, 5.41) is 10.4. The van der Waals surface area contributed by atoms with Gasteiger partial charge in [-0.25, -0.2) is 8.78 Å². The fourth-order valence-corrected chi connectivity index (χ4v) is 3.34. The fraction of sp³-hybridized carbons (Fsp3) is 0.211. The third-order valence-corrected chi connectivity index (χ3v) is 5.03. The quantitative estimate of drug-likeness (QED) is 0.648. The largest absolute Gasteiger partial charge is 0.320 e. The Hall–Kier alpha value is -2.74. The van der Waals surface area contributed by atoms with Crippen LogP contribution in [0.4, 0.5) is 14.5 Å². The van der Waals surface area contributed by atoms with Crippen LogP contribution in [0.1, 0.15) is 18.3 Å². The summed E-state index contributed by atoms with van der Waals surface area (Å²) in [6, 6.07) is 13.2. The third kappa shape index (κ3) is 4.51. The van der Waals surface area contributed by atoms with Gasteiger partial charge in [-0.15, -0.1) is 10.2 Å². The Bertz CT molecular complexity index is 926. The van der Waals surface area contributed by atoms with Gasteiger partial charge < -0.3 is 9.88 Å². The summed E-state index contributed by atoms with van der Waals surface area (Å²) in [6.45, 7) is 4.05. The number of aromatic nitrogens is 3. The van der Waals surface area contributed by atoms with Gasteiger partial charge in [0.05, 0.1) is 11.8 Å². The van der Waals surface area contributed by atoms with Gasteiger partial charge in [0.25, 0.3) is 0 Å². The number of benzene rings is 2. The molecule has 5 nitrogen and oxygen atoms in total. The Morgan fingerprint density at radius 2 is 1.78 bits per heavy atom. The molecule has 0 fully saturated rings. The number of aryl methyl sites for hydroxylation is 1. The van der Waals surface area contributed by atoms with Gasteiger partial charge in [0.15, 0.2) is 5.16 Å². The van der Waals surface area contributed by atoms with Crippen molar-refractivity contribution in [3.8, 4) is 0 Å². The first-order valence-electron chi connectivity index (χ1n) is 8.31. The molecule has 0 aliphatic carbocycles. The number of hydrogen-bond donors (Lipinski definition) is 1. The lowest BCUT2D eigenvalue weighted by atomic mass is 10.2. The maximum atomic E-state index is 13.7. The molecule has 8 heteroatoms. The molecule has 1 amide bonds. The average Bonchev–Trinajstić information content (AvgIpc) is 2.99. The zero-order chi connectivity index (χ0) is 19.4. The van der Waals surface area contributed by atoms with Gasteiger partial charge in [-0.05, 0) is 31.5 Å². The lowest BCUT2D eigenvalue weighted by Gasteiger charge is -2.14. The van der Waals surface area contributed by atoms with Gasteiger partial charge in [0, 0.05) is 0 Å². The van der Waals surface area contributed by atoms with Gasteiger partial charge in [0.1, 0.15) is 23.1 Å². The number of para-hydroxylation sites is 1. The molecule has 1 atom stereocenters. The van der Waals surface area contributed by atoms with E-state index in [0.29, 0.717) is 17.5 Å². The number of carbonyl (C=O) groups is 1. The first-order chi connectivity index (χ1) is 13.0. The molecule has 27 heavy (non-hydrogen) atoms. The van der Waals surface area contributed by atoms with E-state index in [1.54, 1.807) is 6.92 Å². The number of carbonyl (C=O) groups excluding carboxylic acids is 1. The monoisotopic (exact) mass is 388 g/mol. The molecule has 0 unspecified atom stereocenters. The Balaban J connectivity index is 1.72. The lowest BCUT2D eigenvalue weighted by molar-refractivity contribution is -0.115. The highest BCUT2D eigenvalue weighted by molar-refractivity contribution is 8.00. The van der Waals surface area contributed by atoms with E-state index < -0.39 is 28.5 Å². The molecule has 2 aromatic carbocycles. The molecule has 0 spiro atoms. The summed E-state index contributed by atoms with van der Waals surface area (Å²) in [5.74, 6) is -1.43. The van der Waals surface area contributed by atoms with Gasteiger partial charge in [-0.1, -0.05) is 48.2 Å². The molecule has 3 aromatic rings. The van der Waals surface area contributed by atoms with Crippen LogP contribution in [0.2, 0.25) is 0 Å². The van der Waals surface area contributed by atoms with Crippen LogP contribution in [-0.2, 0) is 11.3 Å². The SMILES string of the molecule is Cc1nnc(S[C@H](C)C(=O)Nc2c(F)cccc2F)n1Cc1ccccc1. The molecule has 0 aliphatic rings. The zero-order valence-corrected chi connectivity index (χ0v) is 15.6. The average molecular weight is 388 g/mol. The van der Waals surface area contributed by atoms with Crippen LogP contribution in [0.3, 0.4) is 0 Å². The van der Waals surface area contributed by atoms with Gasteiger partial charge in [-0.3, -0.25) is 4.79 Å². The number of thioether (sulfide) groups is 1. The summed E-state index contributed by atoms with van der Waals surface area (Å²) in [6.07, 6.45) is 0. The van der Waals surface area contributed by atoms with Crippen LogP contribution < -0.4 is 5.32 Å². The summed E-state index contributed by atoms with van der Waals surface area (Å²) < 4.78 is 29.3. The van der Waals surface area contributed by atoms with Gasteiger partial charge in [0.2, 0.25) is 5.91 Å². The molecule has 1 heterocycles. The van der Waals surface area contributed by atoms with Crippen molar-refractivity contribution in [2.24, 2.45) is 0 Å². The minimum atomic E-state index is -0.816. The van der Waals surface area contributed by atoms with E-state index in [1.165, 1.54) is 17.8 Å². The summed E-state index contributed by atoms with van der Waals surface area (Å²) in [4.78, 5) is 12.4. The van der Waals surface area contributed by atoms with Crippen molar-refractivity contribution in [2.75, 3.05) is 5.32 Å². The highest BCUT2D eigenvalue weighted by atomic mass is 32.2. The van der Waals surface area contributed by atoms with Crippen LogP contribution in [0.15, 0.2) is 53.7 Å². The first kappa shape index (κ1) is 19.0. The minimum Gasteiger partial charge on any atom is -0.320 e. The normalized spacial score (nSPS) is 12.0. The van der Waals surface area contributed by atoms with E-state index in [2.05, 4.69) is 15.5 Å². The minimum absolute atomic E-state index is 0.447. The van der Waals surface area contributed by atoms with Crippen LogP contribution in [-0.4, -0.2) is 25.9 Å². The smallest absolute Gasteiger partial charge is 0.237 e. The van der Waals surface area contributed by atoms with Crippen molar-refractivity contribution >= 4 is 23.4 Å². The van der Waals surface area contributed by atoms with E-state index in [0.717, 1.165) is 17.7 Å². The Kier molecular flexibility index (Phi) is 5.85. The van der Waals surface area contributed by atoms with Crippen LogP contribution in [0.5, 0.6) is 0 Å². The number of anilines is 1. The second-order valence-corrected chi connectivity index (χ2v) is 7.26. The van der Waals surface area contributed by atoms with Gasteiger partial charge >= 0.3 is 0 Å².